The normalized spacial score (nSPS) is 11.3. The molecular weight excluding hydrogens is 453 g/mol. The number of carbonyl (C=O) groups is 2. The van der Waals surface area contributed by atoms with Crippen molar-refractivity contribution in [2.45, 2.75) is 26.4 Å². The molecule has 1 aromatic carbocycles. The zero-order valence-electron chi connectivity index (χ0n) is 15.6. The number of amides is 1. The lowest BCUT2D eigenvalue weighted by atomic mass is 10.1. The number of carbonyl (C=O) groups excluding carboxylic acids is 2. The van der Waals surface area contributed by atoms with Gasteiger partial charge >= 0.3 is 5.97 Å². The molecule has 8 nitrogen and oxygen atoms in total. The molecule has 144 valence electrons. The number of non-ortho nitro benzene ring substituents is 1. The van der Waals surface area contributed by atoms with E-state index in [4.69, 9.17) is 4.74 Å². The maximum atomic E-state index is 12.9. The Bertz CT molecular complexity index is 685. The molecule has 0 aliphatic heterocycles. The first kappa shape index (κ1) is 22.3. The fourth-order valence-electron chi connectivity index (χ4n) is 2.06. The number of esters is 1. The molecule has 1 amide bonds. The van der Waals surface area contributed by atoms with Crippen molar-refractivity contribution in [1.82, 2.24) is 9.80 Å². The molecule has 26 heavy (non-hydrogen) atoms. The number of benzene rings is 1. The molecule has 9 heteroatoms. The van der Waals surface area contributed by atoms with Crippen molar-refractivity contribution < 1.29 is 19.2 Å². The second-order valence-electron chi connectivity index (χ2n) is 7.04. The Kier molecular flexibility index (Phi) is 7.94. The van der Waals surface area contributed by atoms with Gasteiger partial charge in [-0.2, -0.15) is 0 Å². The van der Waals surface area contributed by atoms with Crippen molar-refractivity contribution in [1.29, 1.82) is 0 Å². The van der Waals surface area contributed by atoms with Gasteiger partial charge in [0.2, 0.25) is 0 Å². The highest BCUT2D eigenvalue weighted by Crippen LogP contribution is 2.21. The maximum absolute atomic E-state index is 12.9. The van der Waals surface area contributed by atoms with Crippen molar-refractivity contribution in [3.63, 3.8) is 0 Å². The molecule has 0 unspecified atom stereocenters. The van der Waals surface area contributed by atoms with Crippen LogP contribution in [-0.4, -0.2) is 65.9 Å². The summed E-state index contributed by atoms with van der Waals surface area (Å²) in [4.78, 5) is 38.7. The number of likely N-dealkylation sites (N-methyl/N-ethyl adjacent to an activating group) is 1. The number of nitro benzene ring substituents is 1. The van der Waals surface area contributed by atoms with Crippen LogP contribution in [0.1, 0.15) is 31.1 Å². The number of rotatable bonds is 7. The van der Waals surface area contributed by atoms with E-state index >= 15 is 0 Å². The van der Waals surface area contributed by atoms with E-state index in [1.807, 2.05) is 41.6 Å². The minimum atomic E-state index is -0.644. The lowest BCUT2D eigenvalue weighted by molar-refractivity contribution is -0.384. The number of ether oxygens (including phenoxy) is 1. The van der Waals surface area contributed by atoms with E-state index in [9.17, 15) is 19.7 Å². The van der Waals surface area contributed by atoms with Gasteiger partial charge < -0.3 is 14.5 Å². The molecule has 1 rings (SSSR count). The summed E-state index contributed by atoms with van der Waals surface area (Å²) in [5, 5.41) is 10.9. The summed E-state index contributed by atoms with van der Waals surface area (Å²) in [6.45, 7) is 6.00. The van der Waals surface area contributed by atoms with Crippen LogP contribution in [0.2, 0.25) is 0 Å². The van der Waals surface area contributed by atoms with E-state index in [1.54, 1.807) is 20.8 Å². The van der Waals surface area contributed by atoms with Gasteiger partial charge in [0.05, 0.1) is 10.5 Å². The molecule has 0 N–H and O–H groups in total. The average Bonchev–Trinajstić information content (AvgIpc) is 2.48. The van der Waals surface area contributed by atoms with Gasteiger partial charge in [-0.25, -0.2) is 0 Å². The molecule has 0 heterocycles. The molecule has 0 aromatic heterocycles. The van der Waals surface area contributed by atoms with Crippen molar-refractivity contribution in [2.24, 2.45) is 0 Å². The monoisotopic (exact) mass is 477 g/mol. The van der Waals surface area contributed by atoms with Crippen LogP contribution < -0.4 is 0 Å². The maximum Gasteiger partial charge on any atom is 0.326 e. The topological polar surface area (TPSA) is 93.0 Å². The summed E-state index contributed by atoms with van der Waals surface area (Å²) in [5.74, 6) is -0.862. The van der Waals surface area contributed by atoms with Gasteiger partial charge in [0.1, 0.15) is 12.1 Å². The number of hydrogen-bond acceptors (Lipinski definition) is 6. The van der Waals surface area contributed by atoms with Crippen LogP contribution in [0.15, 0.2) is 18.2 Å². The van der Waals surface area contributed by atoms with E-state index in [1.165, 1.54) is 23.1 Å². The fourth-order valence-corrected chi connectivity index (χ4v) is 2.79. The third-order valence-corrected chi connectivity index (χ3v) is 4.13. The van der Waals surface area contributed by atoms with Crippen LogP contribution in [-0.2, 0) is 9.53 Å². The predicted molar refractivity (Wildman–Crippen MR) is 106 cm³/mol. The van der Waals surface area contributed by atoms with Crippen molar-refractivity contribution in [3.8, 4) is 0 Å². The van der Waals surface area contributed by atoms with Gasteiger partial charge in [0.15, 0.2) is 0 Å². The van der Waals surface area contributed by atoms with Crippen molar-refractivity contribution in [3.05, 3.63) is 37.4 Å². The van der Waals surface area contributed by atoms with Crippen LogP contribution in [0.3, 0.4) is 0 Å². The van der Waals surface area contributed by atoms with E-state index < -0.39 is 16.5 Å². The second-order valence-corrected chi connectivity index (χ2v) is 8.20. The first-order valence-electron chi connectivity index (χ1n) is 8.00. The van der Waals surface area contributed by atoms with Gasteiger partial charge in [0.25, 0.3) is 11.6 Å². The van der Waals surface area contributed by atoms with Gasteiger partial charge in [-0.1, -0.05) is 0 Å². The Morgan fingerprint density at radius 2 is 1.85 bits per heavy atom. The third-order valence-electron chi connectivity index (χ3n) is 3.24. The smallest absolute Gasteiger partial charge is 0.326 e. The lowest BCUT2D eigenvalue weighted by Crippen LogP contribution is -2.42. The average molecular weight is 477 g/mol. The summed E-state index contributed by atoms with van der Waals surface area (Å²) in [7, 11) is 3.73. The van der Waals surface area contributed by atoms with E-state index in [0.717, 1.165) is 0 Å². The minimum Gasteiger partial charge on any atom is -0.459 e. The number of nitrogens with zero attached hydrogens (tertiary/aromatic N) is 3. The van der Waals surface area contributed by atoms with Crippen LogP contribution in [0.5, 0.6) is 0 Å². The van der Waals surface area contributed by atoms with Gasteiger partial charge in [-0.05, 0) is 63.5 Å². The van der Waals surface area contributed by atoms with Crippen LogP contribution in [0.4, 0.5) is 5.69 Å². The Balaban J connectivity index is 3.03. The quantitative estimate of drug-likeness (QED) is 0.260. The molecular formula is C17H24IN3O5. The first-order chi connectivity index (χ1) is 11.9. The SMILES string of the molecule is CN(C)CCN(CC(=O)OC(C)(C)C)C(=O)c1ccc([N+](=O)[O-])cc1I. The molecule has 0 saturated heterocycles. The summed E-state index contributed by atoms with van der Waals surface area (Å²) in [6.07, 6.45) is 0. The molecule has 0 bridgehead atoms. The fraction of sp³-hybridized carbons (Fsp3) is 0.529. The highest BCUT2D eigenvalue weighted by Gasteiger charge is 2.25. The molecule has 0 saturated carbocycles. The second kappa shape index (κ2) is 9.26. The number of nitro groups is 1. The Labute approximate surface area is 166 Å². The van der Waals surface area contributed by atoms with Crippen LogP contribution in [0, 0.1) is 13.7 Å². The highest BCUT2D eigenvalue weighted by molar-refractivity contribution is 14.1. The lowest BCUT2D eigenvalue weighted by Gasteiger charge is -2.26. The molecule has 1 aromatic rings. The molecule has 0 radical (unpaired) electrons. The van der Waals surface area contributed by atoms with Gasteiger partial charge in [-0.3, -0.25) is 19.7 Å². The Morgan fingerprint density at radius 1 is 1.23 bits per heavy atom. The molecule has 0 aliphatic rings. The molecule has 0 spiro atoms. The molecule has 0 atom stereocenters. The summed E-state index contributed by atoms with van der Waals surface area (Å²) < 4.78 is 5.76. The Hall–Kier alpha value is -1.75. The minimum absolute atomic E-state index is 0.0852. The zero-order chi connectivity index (χ0) is 20.1. The van der Waals surface area contributed by atoms with Crippen molar-refractivity contribution in [2.75, 3.05) is 33.7 Å². The summed E-state index contributed by atoms with van der Waals surface area (Å²) in [6, 6.07) is 4.04. The Morgan fingerprint density at radius 3 is 2.31 bits per heavy atom. The van der Waals surface area contributed by atoms with Crippen molar-refractivity contribution >= 4 is 40.2 Å². The number of halogens is 1. The highest BCUT2D eigenvalue weighted by atomic mass is 127. The van der Waals surface area contributed by atoms with Gasteiger partial charge in [0, 0.05) is 28.8 Å². The number of hydrogen-bond donors (Lipinski definition) is 0. The molecule has 0 aliphatic carbocycles. The molecule has 0 fully saturated rings. The summed E-state index contributed by atoms with van der Waals surface area (Å²) in [5.41, 5.74) is -0.411. The largest absolute Gasteiger partial charge is 0.459 e. The van der Waals surface area contributed by atoms with E-state index in [2.05, 4.69) is 0 Å². The third kappa shape index (κ3) is 7.24. The van der Waals surface area contributed by atoms with E-state index in [0.29, 0.717) is 22.2 Å². The standard InChI is InChI=1S/C17H24IN3O5/c1-17(2,3)26-15(22)11-20(9-8-19(4)5)16(23)13-7-6-12(21(24)25)10-14(13)18/h6-7,10H,8-9,11H2,1-5H3. The van der Waals surface area contributed by atoms with Gasteiger partial charge in [-0.15, -0.1) is 0 Å². The summed E-state index contributed by atoms with van der Waals surface area (Å²) >= 11 is 1.89. The van der Waals surface area contributed by atoms with Crippen LogP contribution >= 0.6 is 22.6 Å². The predicted octanol–water partition coefficient (Wildman–Crippen LogP) is 2.54. The first-order valence-corrected chi connectivity index (χ1v) is 9.08. The zero-order valence-corrected chi connectivity index (χ0v) is 17.8. The van der Waals surface area contributed by atoms with Crippen LogP contribution in [0.25, 0.3) is 0 Å². The van der Waals surface area contributed by atoms with E-state index in [-0.39, 0.29) is 18.1 Å².